The molecule has 0 aromatic heterocycles. The molecule has 4 N–H and O–H groups in total. The highest BCUT2D eigenvalue weighted by Crippen LogP contribution is 2.22. The van der Waals surface area contributed by atoms with E-state index in [0.29, 0.717) is 18.7 Å². The van der Waals surface area contributed by atoms with Gasteiger partial charge in [0.1, 0.15) is 12.1 Å². The molecule has 3 atom stereocenters. The second-order valence-corrected chi connectivity index (χ2v) is 7.56. The number of nitrogens with one attached hydrogen (secondary N) is 2. The van der Waals surface area contributed by atoms with Gasteiger partial charge in [-0.05, 0) is 44.7 Å². The van der Waals surface area contributed by atoms with E-state index in [9.17, 15) is 14.4 Å². The van der Waals surface area contributed by atoms with Gasteiger partial charge in [0.25, 0.3) is 0 Å². The lowest BCUT2D eigenvalue weighted by Crippen LogP contribution is -2.56. The quantitative estimate of drug-likeness (QED) is 0.700. The molecule has 0 aliphatic carbocycles. The van der Waals surface area contributed by atoms with Crippen LogP contribution in [0.3, 0.4) is 0 Å². The average molecular weight is 374 g/mol. The maximum Gasteiger partial charge on any atom is 0.247 e. The van der Waals surface area contributed by atoms with Crippen LogP contribution in [-0.4, -0.2) is 47.3 Å². The lowest BCUT2D eigenvalue weighted by atomic mass is 10.0. The number of benzene rings is 1. The molecule has 0 spiro atoms. The minimum atomic E-state index is -0.698. The van der Waals surface area contributed by atoms with Gasteiger partial charge in [0.2, 0.25) is 17.7 Å². The predicted molar refractivity (Wildman–Crippen MR) is 105 cm³/mol. The first-order chi connectivity index (χ1) is 12.7. The van der Waals surface area contributed by atoms with Crippen molar-refractivity contribution >= 4 is 23.4 Å². The molecule has 27 heavy (non-hydrogen) atoms. The van der Waals surface area contributed by atoms with Crippen LogP contribution >= 0.6 is 0 Å². The normalized spacial score (nSPS) is 18.9. The Hall–Kier alpha value is -2.41. The van der Waals surface area contributed by atoms with Gasteiger partial charge in [-0.25, -0.2) is 0 Å². The fourth-order valence-electron chi connectivity index (χ4n) is 3.14. The third-order valence-electron chi connectivity index (χ3n) is 4.80. The van der Waals surface area contributed by atoms with Gasteiger partial charge in [-0.15, -0.1) is 0 Å². The molecule has 7 heteroatoms. The van der Waals surface area contributed by atoms with Crippen LogP contribution < -0.4 is 16.4 Å². The number of rotatable bonds is 6. The van der Waals surface area contributed by atoms with E-state index >= 15 is 0 Å². The first kappa shape index (κ1) is 20.9. The molecule has 1 heterocycles. The Morgan fingerprint density at radius 2 is 1.78 bits per heavy atom. The average Bonchev–Trinajstić information content (AvgIpc) is 3.10. The molecular weight excluding hydrogens is 344 g/mol. The molecular formula is C20H30N4O3. The van der Waals surface area contributed by atoms with Crippen LogP contribution in [0, 0.1) is 12.8 Å². The maximum absolute atomic E-state index is 13.0. The van der Waals surface area contributed by atoms with Crippen molar-refractivity contribution in [2.45, 2.75) is 58.7 Å². The number of nitrogens with zero attached hydrogens (tertiary/aromatic N) is 1. The van der Waals surface area contributed by atoms with Crippen molar-refractivity contribution in [1.29, 1.82) is 0 Å². The molecule has 0 bridgehead atoms. The summed E-state index contributed by atoms with van der Waals surface area (Å²) in [5, 5.41) is 5.60. The molecule has 148 valence electrons. The molecule has 3 amide bonds. The van der Waals surface area contributed by atoms with Gasteiger partial charge in [0, 0.05) is 12.2 Å². The molecule has 1 aliphatic heterocycles. The molecule has 1 aliphatic rings. The summed E-state index contributed by atoms with van der Waals surface area (Å²) in [6.45, 7) is 7.78. The SMILES string of the molecule is Cc1ccc(NC(=O)[C@@H]2CCCN2C(=O)[C@@H](NC(=O)[C@H](C)N)C(C)C)cc1. The van der Waals surface area contributed by atoms with E-state index in [1.807, 2.05) is 45.0 Å². The number of amides is 3. The number of likely N-dealkylation sites (tertiary alicyclic amines) is 1. The topological polar surface area (TPSA) is 105 Å². The second kappa shape index (κ2) is 8.99. The van der Waals surface area contributed by atoms with E-state index in [0.717, 1.165) is 12.0 Å². The van der Waals surface area contributed by atoms with Crippen molar-refractivity contribution in [2.75, 3.05) is 11.9 Å². The van der Waals surface area contributed by atoms with Gasteiger partial charge in [0.05, 0.1) is 6.04 Å². The summed E-state index contributed by atoms with van der Waals surface area (Å²) in [5.74, 6) is -0.921. The van der Waals surface area contributed by atoms with Gasteiger partial charge in [-0.1, -0.05) is 31.5 Å². The maximum atomic E-state index is 13.0. The standard InChI is InChI=1S/C20H30N4O3/c1-12(2)17(23-18(25)14(4)21)20(27)24-11-5-6-16(24)19(26)22-15-9-7-13(3)8-10-15/h7-10,12,14,16-17H,5-6,11,21H2,1-4H3,(H,22,26)(H,23,25)/t14-,16-,17-/m0/s1. The number of hydrogen-bond acceptors (Lipinski definition) is 4. The van der Waals surface area contributed by atoms with Gasteiger partial charge in [-0.3, -0.25) is 14.4 Å². The third-order valence-corrected chi connectivity index (χ3v) is 4.80. The first-order valence-corrected chi connectivity index (χ1v) is 9.44. The molecule has 1 aromatic carbocycles. The van der Waals surface area contributed by atoms with Crippen molar-refractivity contribution in [3.63, 3.8) is 0 Å². The van der Waals surface area contributed by atoms with Crippen LogP contribution in [0.2, 0.25) is 0 Å². The summed E-state index contributed by atoms with van der Waals surface area (Å²) in [6.07, 6.45) is 1.36. The van der Waals surface area contributed by atoms with Crippen LogP contribution in [-0.2, 0) is 14.4 Å². The minimum Gasteiger partial charge on any atom is -0.343 e. The molecule has 2 rings (SSSR count). The molecule has 0 saturated carbocycles. The molecule has 1 fully saturated rings. The Kier molecular flexibility index (Phi) is 6.96. The Morgan fingerprint density at radius 1 is 1.15 bits per heavy atom. The minimum absolute atomic E-state index is 0.110. The van der Waals surface area contributed by atoms with Crippen LogP contribution in [0.1, 0.15) is 39.2 Å². The van der Waals surface area contributed by atoms with Gasteiger partial charge in [0.15, 0.2) is 0 Å². The monoisotopic (exact) mass is 374 g/mol. The summed E-state index contributed by atoms with van der Waals surface area (Å²) in [4.78, 5) is 39.3. The smallest absolute Gasteiger partial charge is 0.247 e. The van der Waals surface area contributed by atoms with E-state index in [4.69, 9.17) is 5.73 Å². The summed E-state index contributed by atoms with van der Waals surface area (Å²) in [6, 6.07) is 5.60. The molecule has 1 saturated heterocycles. The summed E-state index contributed by atoms with van der Waals surface area (Å²) in [5.41, 5.74) is 7.42. The summed E-state index contributed by atoms with van der Waals surface area (Å²) >= 11 is 0. The van der Waals surface area contributed by atoms with Gasteiger partial charge >= 0.3 is 0 Å². The van der Waals surface area contributed by atoms with E-state index in [2.05, 4.69) is 10.6 Å². The number of carbonyl (C=O) groups is 3. The van der Waals surface area contributed by atoms with Crippen molar-refractivity contribution in [3.05, 3.63) is 29.8 Å². The molecule has 1 aromatic rings. The highest BCUT2D eigenvalue weighted by Gasteiger charge is 2.38. The fourth-order valence-corrected chi connectivity index (χ4v) is 3.14. The molecule has 0 unspecified atom stereocenters. The van der Waals surface area contributed by atoms with Crippen LogP contribution in [0.5, 0.6) is 0 Å². The number of aryl methyl sites for hydroxylation is 1. The van der Waals surface area contributed by atoms with Crippen LogP contribution in [0.4, 0.5) is 5.69 Å². The van der Waals surface area contributed by atoms with Gasteiger partial charge < -0.3 is 21.3 Å². The zero-order valence-electron chi connectivity index (χ0n) is 16.5. The highest BCUT2D eigenvalue weighted by atomic mass is 16.2. The third kappa shape index (κ3) is 5.29. The Balaban J connectivity index is 2.10. The van der Waals surface area contributed by atoms with Gasteiger partial charge in [-0.2, -0.15) is 0 Å². The lowest BCUT2D eigenvalue weighted by molar-refractivity contribution is -0.141. The zero-order chi connectivity index (χ0) is 20.1. The van der Waals surface area contributed by atoms with Crippen molar-refractivity contribution in [1.82, 2.24) is 10.2 Å². The van der Waals surface area contributed by atoms with E-state index in [1.54, 1.807) is 11.8 Å². The lowest BCUT2D eigenvalue weighted by Gasteiger charge is -2.30. The van der Waals surface area contributed by atoms with E-state index in [-0.39, 0.29) is 23.6 Å². The van der Waals surface area contributed by atoms with Crippen molar-refractivity contribution in [2.24, 2.45) is 11.7 Å². The second-order valence-electron chi connectivity index (χ2n) is 7.56. The van der Waals surface area contributed by atoms with E-state index in [1.165, 1.54) is 0 Å². The fraction of sp³-hybridized carbons (Fsp3) is 0.550. The predicted octanol–water partition coefficient (Wildman–Crippen LogP) is 1.41. The molecule has 7 nitrogen and oxygen atoms in total. The largest absolute Gasteiger partial charge is 0.343 e. The number of carbonyl (C=O) groups excluding carboxylic acids is 3. The van der Waals surface area contributed by atoms with Crippen LogP contribution in [0.25, 0.3) is 0 Å². The highest BCUT2D eigenvalue weighted by molar-refractivity contribution is 5.99. The number of anilines is 1. The number of nitrogens with two attached hydrogens (primary N) is 1. The van der Waals surface area contributed by atoms with Crippen molar-refractivity contribution in [3.8, 4) is 0 Å². The Labute approximate surface area is 160 Å². The Bertz CT molecular complexity index is 685. The summed E-state index contributed by atoms with van der Waals surface area (Å²) in [7, 11) is 0. The van der Waals surface area contributed by atoms with Crippen LogP contribution in [0.15, 0.2) is 24.3 Å². The number of hydrogen-bond donors (Lipinski definition) is 3. The zero-order valence-corrected chi connectivity index (χ0v) is 16.5. The van der Waals surface area contributed by atoms with Crippen molar-refractivity contribution < 1.29 is 14.4 Å². The summed E-state index contributed by atoms with van der Waals surface area (Å²) < 4.78 is 0. The van der Waals surface area contributed by atoms with E-state index < -0.39 is 18.1 Å². The Morgan fingerprint density at radius 3 is 2.33 bits per heavy atom. The molecule has 0 radical (unpaired) electrons. The first-order valence-electron chi connectivity index (χ1n) is 9.44.